The number of carbonyl (C=O) groups excluding carboxylic acids is 1. The molecule has 17 heteroatoms. The van der Waals surface area contributed by atoms with Gasteiger partial charge in [-0.25, -0.2) is 8.78 Å². The Morgan fingerprint density at radius 1 is 0.865 bits per heavy atom. The fraction of sp³-hybridized carbons (Fsp3) is 0.286. The van der Waals surface area contributed by atoms with E-state index in [0.29, 0.717) is 42.7 Å². The minimum Gasteiger partial charge on any atom is -0.494 e. The summed E-state index contributed by atoms with van der Waals surface area (Å²) in [5.74, 6) is -5.91. The SMILES string of the molecule is O=C(O)CCCCCOc1ccc(C[C@](NC(=O)c2ccc(F)c(C(F)(F)F)c2)(c2cc(F)cc(OC(F)(F)C(F)F)c2)c2ccc(Cl)cn2)cc1. The Morgan fingerprint density at radius 3 is 2.19 bits per heavy atom. The zero-order valence-corrected chi connectivity index (χ0v) is 27.4. The predicted molar refractivity (Wildman–Crippen MR) is 169 cm³/mol. The van der Waals surface area contributed by atoms with Crippen LogP contribution in [0.1, 0.15) is 58.4 Å². The number of unbranched alkanes of at least 4 members (excludes halogenated alkanes) is 2. The second-order valence-corrected chi connectivity index (χ2v) is 11.9. The quantitative estimate of drug-likeness (QED) is 0.0873. The highest BCUT2D eigenvalue weighted by Crippen LogP contribution is 2.38. The maximum atomic E-state index is 15.2. The van der Waals surface area contributed by atoms with Gasteiger partial charge in [-0.05, 0) is 85.0 Å². The van der Waals surface area contributed by atoms with E-state index in [1.807, 2.05) is 0 Å². The predicted octanol–water partition coefficient (Wildman–Crippen LogP) is 9.21. The summed E-state index contributed by atoms with van der Waals surface area (Å²) in [5.41, 5.74) is -4.93. The molecule has 7 nitrogen and oxygen atoms in total. The average molecular weight is 763 g/mol. The maximum Gasteiger partial charge on any atom is 0.461 e. The van der Waals surface area contributed by atoms with E-state index < -0.39 is 76.6 Å². The Hall–Kier alpha value is -4.99. The Balaban J connectivity index is 1.82. The monoisotopic (exact) mass is 762 g/mol. The van der Waals surface area contributed by atoms with Crippen molar-refractivity contribution in [3.63, 3.8) is 0 Å². The number of aromatic nitrogens is 1. The van der Waals surface area contributed by atoms with Crippen LogP contribution in [0.4, 0.5) is 39.5 Å². The Labute approximate surface area is 295 Å². The summed E-state index contributed by atoms with van der Waals surface area (Å²) < 4.78 is 134. The highest BCUT2D eigenvalue weighted by atomic mass is 35.5. The first-order valence-corrected chi connectivity index (χ1v) is 15.7. The van der Waals surface area contributed by atoms with Crippen LogP contribution in [-0.4, -0.2) is 41.1 Å². The van der Waals surface area contributed by atoms with Gasteiger partial charge in [-0.15, -0.1) is 0 Å². The van der Waals surface area contributed by atoms with Gasteiger partial charge in [0.15, 0.2) is 0 Å². The summed E-state index contributed by atoms with van der Waals surface area (Å²) in [7, 11) is 0. The lowest BCUT2D eigenvalue weighted by molar-refractivity contribution is -0.253. The molecule has 2 N–H and O–H groups in total. The average Bonchev–Trinajstić information content (AvgIpc) is 3.06. The lowest BCUT2D eigenvalue weighted by Gasteiger charge is -2.36. The molecule has 0 saturated carbocycles. The zero-order chi connectivity index (χ0) is 38.3. The van der Waals surface area contributed by atoms with Crippen LogP contribution in [-0.2, 0) is 22.9 Å². The van der Waals surface area contributed by atoms with Gasteiger partial charge >= 0.3 is 24.7 Å². The molecule has 3 aromatic carbocycles. The number of nitrogens with zero attached hydrogens (tertiary/aromatic N) is 1. The summed E-state index contributed by atoms with van der Waals surface area (Å²) in [4.78, 5) is 28.7. The van der Waals surface area contributed by atoms with Crippen LogP contribution < -0.4 is 14.8 Å². The number of carboxylic acids is 1. The highest BCUT2D eigenvalue weighted by Gasteiger charge is 2.45. The van der Waals surface area contributed by atoms with Crippen molar-refractivity contribution in [2.45, 2.75) is 56.4 Å². The smallest absolute Gasteiger partial charge is 0.461 e. The van der Waals surface area contributed by atoms with Gasteiger partial charge in [-0.1, -0.05) is 23.7 Å². The van der Waals surface area contributed by atoms with Gasteiger partial charge < -0.3 is 19.9 Å². The minimum absolute atomic E-state index is 0.00763. The molecule has 1 atom stereocenters. The highest BCUT2D eigenvalue weighted by molar-refractivity contribution is 6.30. The molecule has 52 heavy (non-hydrogen) atoms. The van der Waals surface area contributed by atoms with Crippen molar-refractivity contribution in [3.05, 3.63) is 124 Å². The molecule has 1 amide bonds. The molecule has 278 valence electrons. The first kappa shape index (κ1) is 39.8. The normalized spacial score (nSPS) is 13.1. The summed E-state index contributed by atoms with van der Waals surface area (Å²) in [6.45, 7) is 0.237. The minimum atomic E-state index is -5.21. The van der Waals surface area contributed by atoms with E-state index in [-0.39, 0.29) is 29.8 Å². The Bertz CT molecular complexity index is 1860. The van der Waals surface area contributed by atoms with Gasteiger partial charge in [-0.2, -0.15) is 30.7 Å². The van der Waals surface area contributed by atoms with E-state index in [1.54, 1.807) is 0 Å². The largest absolute Gasteiger partial charge is 0.494 e. The van der Waals surface area contributed by atoms with E-state index in [1.165, 1.54) is 36.4 Å². The number of hydrogen-bond donors (Lipinski definition) is 2. The zero-order valence-electron chi connectivity index (χ0n) is 26.6. The molecule has 0 bridgehead atoms. The third-order valence-electron chi connectivity index (χ3n) is 7.59. The molecule has 0 aliphatic rings. The lowest BCUT2D eigenvalue weighted by Crippen LogP contribution is -2.49. The van der Waals surface area contributed by atoms with Crippen LogP contribution in [0.2, 0.25) is 5.02 Å². The molecule has 0 radical (unpaired) electrons. The second kappa shape index (κ2) is 16.6. The summed E-state index contributed by atoms with van der Waals surface area (Å²) in [6, 6.07) is 11.8. The van der Waals surface area contributed by atoms with Crippen molar-refractivity contribution in [3.8, 4) is 11.5 Å². The number of rotatable bonds is 16. The number of carboxylic acid groups (broad SMARTS) is 1. The summed E-state index contributed by atoms with van der Waals surface area (Å²) in [6.07, 6.45) is -12.3. The Kier molecular flexibility index (Phi) is 12.7. The lowest BCUT2D eigenvalue weighted by atomic mass is 9.80. The molecule has 1 aromatic heterocycles. The van der Waals surface area contributed by atoms with Gasteiger partial charge in [0, 0.05) is 30.7 Å². The molecular formula is C35H28ClF9N2O5. The Morgan fingerprint density at radius 2 is 1.58 bits per heavy atom. The standard InChI is InChI=1S/C35H28ClF9N2O5/c36-23-8-12-29(46-19-23)33(22-15-24(37)17-26(16-22)52-35(44,45)32(39)40,47-31(50)21-7-11-28(38)27(14-21)34(41,42)43)18-20-5-9-25(10-6-20)51-13-3-1-2-4-30(48)49/h5-12,14-17,19,32H,1-4,13,18H2,(H,47,50)(H,48,49)/t33-/m0/s1. The number of ether oxygens (including phenoxy) is 2. The van der Waals surface area contributed by atoms with E-state index in [2.05, 4.69) is 15.0 Å². The number of alkyl halides is 7. The van der Waals surface area contributed by atoms with E-state index in [9.17, 15) is 44.7 Å². The van der Waals surface area contributed by atoms with Gasteiger partial charge in [0.1, 0.15) is 28.7 Å². The van der Waals surface area contributed by atoms with Crippen LogP contribution in [0.25, 0.3) is 0 Å². The number of aliphatic carboxylic acids is 1. The van der Waals surface area contributed by atoms with Crippen molar-refractivity contribution in [2.75, 3.05) is 6.61 Å². The number of halogens is 10. The maximum absolute atomic E-state index is 15.2. The number of hydrogen-bond acceptors (Lipinski definition) is 5. The van der Waals surface area contributed by atoms with Crippen molar-refractivity contribution in [1.29, 1.82) is 0 Å². The number of benzene rings is 3. The molecule has 1 heterocycles. The third-order valence-corrected chi connectivity index (χ3v) is 7.82. The summed E-state index contributed by atoms with van der Waals surface area (Å²) in [5, 5.41) is 11.3. The number of pyridine rings is 1. The van der Waals surface area contributed by atoms with Crippen molar-refractivity contribution < 1.29 is 63.7 Å². The van der Waals surface area contributed by atoms with E-state index in [0.717, 1.165) is 24.4 Å². The molecule has 0 saturated heterocycles. The van der Waals surface area contributed by atoms with Crippen molar-refractivity contribution in [2.24, 2.45) is 0 Å². The van der Waals surface area contributed by atoms with Gasteiger partial charge in [-0.3, -0.25) is 14.6 Å². The fourth-order valence-corrected chi connectivity index (χ4v) is 5.24. The van der Waals surface area contributed by atoms with Crippen LogP contribution >= 0.6 is 11.6 Å². The number of nitrogens with one attached hydrogen (secondary N) is 1. The molecule has 0 aliphatic heterocycles. The molecule has 0 aliphatic carbocycles. The first-order chi connectivity index (χ1) is 24.4. The molecule has 0 fully saturated rings. The first-order valence-electron chi connectivity index (χ1n) is 15.3. The molecule has 0 unspecified atom stereocenters. The van der Waals surface area contributed by atoms with Crippen molar-refractivity contribution in [1.82, 2.24) is 10.3 Å². The number of amides is 1. The van der Waals surface area contributed by atoms with Crippen LogP contribution in [0.15, 0.2) is 79.0 Å². The molecule has 0 spiro atoms. The molecule has 4 aromatic rings. The summed E-state index contributed by atoms with van der Waals surface area (Å²) >= 11 is 6.03. The fourth-order valence-electron chi connectivity index (χ4n) is 5.12. The van der Waals surface area contributed by atoms with Crippen molar-refractivity contribution >= 4 is 23.5 Å². The second-order valence-electron chi connectivity index (χ2n) is 11.4. The molecule has 4 rings (SSSR count). The van der Waals surface area contributed by atoms with Gasteiger partial charge in [0.2, 0.25) is 0 Å². The molecular weight excluding hydrogens is 735 g/mol. The van der Waals surface area contributed by atoms with Crippen LogP contribution in [0, 0.1) is 11.6 Å². The van der Waals surface area contributed by atoms with E-state index in [4.69, 9.17) is 21.4 Å². The van der Waals surface area contributed by atoms with E-state index >= 15 is 4.39 Å². The number of carbonyl (C=O) groups is 2. The third kappa shape index (κ3) is 10.3. The van der Waals surface area contributed by atoms with Crippen LogP contribution in [0.5, 0.6) is 11.5 Å². The van der Waals surface area contributed by atoms with Gasteiger partial charge in [0.25, 0.3) is 5.91 Å². The van der Waals surface area contributed by atoms with Gasteiger partial charge in [0.05, 0.1) is 22.9 Å². The topological polar surface area (TPSA) is 97.8 Å². The van der Waals surface area contributed by atoms with Crippen LogP contribution in [0.3, 0.4) is 0 Å².